The maximum absolute atomic E-state index is 13.0. The van der Waals surface area contributed by atoms with Crippen molar-refractivity contribution in [2.45, 2.75) is 44.3 Å². The van der Waals surface area contributed by atoms with Gasteiger partial charge in [0.25, 0.3) is 0 Å². The van der Waals surface area contributed by atoms with Gasteiger partial charge in [-0.2, -0.15) is 0 Å². The molecule has 3 aromatic rings. The van der Waals surface area contributed by atoms with Crippen LogP contribution in [0.25, 0.3) is 10.9 Å². The second-order valence-corrected chi connectivity index (χ2v) is 8.08. The number of carbonyl (C=O) groups is 1. The van der Waals surface area contributed by atoms with Crippen LogP contribution in [0.15, 0.2) is 53.6 Å². The topological polar surface area (TPSA) is 46.1 Å². The molecule has 1 aliphatic rings. The van der Waals surface area contributed by atoms with Crippen LogP contribution in [-0.2, 0) is 11.3 Å². The molecule has 5 heteroatoms. The van der Waals surface area contributed by atoms with E-state index in [9.17, 15) is 4.79 Å². The van der Waals surface area contributed by atoms with E-state index in [0.717, 1.165) is 34.6 Å². The quantitative estimate of drug-likeness (QED) is 0.468. The molecule has 1 aliphatic carbocycles. The molecule has 1 fully saturated rings. The highest BCUT2D eigenvalue weighted by Crippen LogP contribution is 2.31. The highest BCUT2D eigenvalue weighted by atomic mass is 32.2. The van der Waals surface area contributed by atoms with E-state index in [1.807, 2.05) is 36.1 Å². The van der Waals surface area contributed by atoms with Crippen LogP contribution in [-0.4, -0.2) is 32.6 Å². The Hall–Kier alpha value is -2.40. The van der Waals surface area contributed by atoms with Crippen molar-refractivity contribution in [2.75, 3.05) is 5.75 Å². The van der Waals surface area contributed by atoms with Crippen molar-refractivity contribution in [3.63, 3.8) is 0 Å². The molecule has 0 atom stereocenters. The molecule has 0 unspecified atom stereocenters. The summed E-state index contributed by atoms with van der Waals surface area (Å²) in [6.45, 7) is 4.67. The number of benzene rings is 2. The molecule has 0 spiro atoms. The van der Waals surface area contributed by atoms with Gasteiger partial charge in [-0.3, -0.25) is 4.79 Å². The second-order valence-electron chi connectivity index (χ2n) is 7.12. The monoisotopic (exact) mass is 377 g/mol. The maximum Gasteiger partial charge on any atom is 0.233 e. The van der Waals surface area contributed by atoms with Crippen molar-refractivity contribution in [3.8, 4) is 0 Å². The van der Waals surface area contributed by atoms with Crippen LogP contribution in [0.3, 0.4) is 0 Å². The van der Waals surface area contributed by atoms with Crippen LogP contribution in [0.4, 0.5) is 0 Å². The first-order chi connectivity index (χ1) is 13.1. The predicted molar refractivity (Wildman–Crippen MR) is 110 cm³/mol. The second kappa shape index (κ2) is 7.69. The molecule has 27 heavy (non-hydrogen) atoms. The summed E-state index contributed by atoms with van der Waals surface area (Å²) < 4.78 is 0. The summed E-state index contributed by atoms with van der Waals surface area (Å²) in [6.07, 6.45) is 2.22. The van der Waals surface area contributed by atoms with E-state index in [-0.39, 0.29) is 5.91 Å². The van der Waals surface area contributed by atoms with E-state index in [4.69, 9.17) is 0 Å². The highest BCUT2D eigenvalue weighted by molar-refractivity contribution is 8.00. The molecule has 1 heterocycles. The number of fused-ring (bicyclic) bond motifs is 1. The van der Waals surface area contributed by atoms with Gasteiger partial charge in [0.05, 0.1) is 11.3 Å². The number of aryl methyl sites for hydroxylation is 2. The van der Waals surface area contributed by atoms with E-state index >= 15 is 0 Å². The molecular formula is C22H23N3OS. The standard InChI is InChI=1S/C22H23N3OS/c1-15-7-9-17(10-8-15)13-25(18-11-12-18)21(26)14-27-22-19-5-3-4-6-20(19)23-16(2)24-22/h3-10,18H,11-14H2,1-2H3. The molecule has 4 nitrogen and oxygen atoms in total. The summed E-state index contributed by atoms with van der Waals surface area (Å²) in [6, 6.07) is 16.8. The summed E-state index contributed by atoms with van der Waals surface area (Å²) in [4.78, 5) is 24.0. The Balaban J connectivity index is 1.48. The Labute approximate surface area is 164 Å². The zero-order valence-corrected chi connectivity index (χ0v) is 16.5. The van der Waals surface area contributed by atoms with Crippen molar-refractivity contribution in [1.29, 1.82) is 0 Å². The maximum atomic E-state index is 13.0. The zero-order chi connectivity index (χ0) is 18.8. The number of carbonyl (C=O) groups excluding carboxylic acids is 1. The Bertz CT molecular complexity index is 967. The number of thioether (sulfide) groups is 1. The largest absolute Gasteiger partial charge is 0.335 e. The summed E-state index contributed by atoms with van der Waals surface area (Å²) >= 11 is 1.52. The van der Waals surface area contributed by atoms with E-state index in [1.54, 1.807) is 0 Å². The molecular weight excluding hydrogens is 354 g/mol. The summed E-state index contributed by atoms with van der Waals surface area (Å²) in [7, 11) is 0. The predicted octanol–water partition coefficient (Wildman–Crippen LogP) is 4.53. The molecule has 138 valence electrons. The lowest BCUT2D eigenvalue weighted by molar-refractivity contribution is -0.129. The third-order valence-electron chi connectivity index (χ3n) is 4.79. The number of nitrogens with zero attached hydrogens (tertiary/aromatic N) is 3. The van der Waals surface area contributed by atoms with Gasteiger partial charge in [0.2, 0.25) is 5.91 Å². The Kier molecular flexibility index (Phi) is 5.12. The van der Waals surface area contributed by atoms with Crippen LogP contribution in [0.2, 0.25) is 0 Å². The number of amides is 1. The van der Waals surface area contributed by atoms with Crippen LogP contribution in [0.5, 0.6) is 0 Å². The molecule has 2 aromatic carbocycles. The molecule has 0 bridgehead atoms. The Morgan fingerprint density at radius 3 is 2.56 bits per heavy atom. The van der Waals surface area contributed by atoms with Gasteiger partial charge in [0.1, 0.15) is 10.9 Å². The molecule has 0 radical (unpaired) electrons. The zero-order valence-electron chi connectivity index (χ0n) is 15.7. The van der Waals surface area contributed by atoms with Gasteiger partial charge in [0.15, 0.2) is 0 Å². The fraction of sp³-hybridized carbons (Fsp3) is 0.318. The fourth-order valence-electron chi connectivity index (χ4n) is 3.18. The van der Waals surface area contributed by atoms with Crippen LogP contribution >= 0.6 is 11.8 Å². The molecule has 1 saturated carbocycles. The molecule has 0 N–H and O–H groups in total. The molecule has 0 aliphatic heterocycles. The molecule has 1 amide bonds. The van der Waals surface area contributed by atoms with Crippen LogP contribution in [0.1, 0.15) is 29.8 Å². The number of hydrogen-bond donors (Lipinski definition) is 0. The molecule has 4 rings (SSSR count). The van der Waals surface area contributed by atoms with Gasteiger partial charge in [0, 0.05) is 18.0 Å². The minimum atomic E-state index is 0.184. The first-order valence-electron chi connectivity index (χ1n) is 9.31. The number of rotatable bonds is 6. The smallest absolute Gasteiger partial charge is 0.233 e. The first-order valence-corrected chi connectivity index (χ1v) is 10.3. The third kappa shape index (κ3) is 4.30. The SMILES string of the molecule is Cc1ccc(CN(C(=O)CSc2nc(C)nc3ccccc23)C2CC2)cc1. The lowest BCUT2D eigenvalue weighted by Gasteiger charge is -2.22. The van der Waals surface area contributed by atoms with Crippen molar-refractivity contribution in [2.24, 2.45) is 0 Å². The summed E-state index contributed by atoms with van der Waals surface area (Å²) in [5, 5.41) is 1.90. The summed E-state index contributed by atoms with van der Waals surface area (Å²) in [5.74, 6) is 1.33. The average molecular weight is 378 g/mol. The fourth-order valence-corrected chi connectivity index (χ4v) is 4.13. The first kappa shape index (κ1) is 18.0. The van der Waals surface area contributed by atoms with Crippen LogP contribution in [0, 0.1) is 13.8 Å². The minimum Gasteiger partial charge on any atom is -0.335 e. The normalized spacial score (nSPS) is 13.7. The lowest BCUT2D eigenvalue weighted by atomic mass is 10.1. The van der Waals surface area contributed by atoms with E-state index in [1.165, 1.54) is 22.9 Å². The van der Waals surface area contributed by atoms with Crippen molar-refractivity contribution in [1.82, 2.24) is 14.9 Å². The van der Waals surface area contributed by atoms with E-state index in [2.05, 4.69) is 41.2 Å². The van der Waals surface area contributed by atoms with E-state index < -0.39 is 0 Å². The highest BCUT2D eigenvalue weighted by Gasteiger charge is 2.32. The van der Waals surface area contributed by atoms with Crippen LogP contribution < -0.4 is 0 Å². The van der Waals surface area contributed by atoms with Crippen molar-refractivity contribution in [3.05, 3.63) is 65.5 Å². The van der Waals surface area contributed by atoms with Gasteiger partial charge in [-0.25, -0.2) is 9.97 Å². The average Bonchev–Trinajstić information content (AvgIpc) is 3.50. The number of aromatic nitrogens is 2. The number of para-hydroxylation sites is 1. The van der Waals surface area contributed by atoms with Gasteiger partial charge < -0.3 is 4.90 Å². The third-order valence-corrected chi connectivity index (χ3v) is 5.77. The minimum absolute atomic E-state index is 0.184. The van der Waals surface area contributed by atoms with Crippen molar-refractivity contribution >= 4 is 28.6 Å². The van der Waals surface area contributed by atoms with Crippen molar-refractivity contribution < 1.29 is 4.79 Å². The number of hydrogen-bond acceptors (Lipinski definition) is 4. The van der Waals surface area contributed by atoms with Gasteiger partial charge in [-0.15, -0.1) is 0 Å². The Morgan fingerprint density at radius 1 is 1.07 bits per heavy atom. The van der Waals surface area contributed by atoms with Gasteiger partial charge in [-0.05, 0) is 38.3 Å². The Morgan fingerprint density at radius 2 is 1.81 bits per heavy atom. The summed E-state index contributed by atoms with van der Waals surface area (Å²) in [5.41, 5.74) is 3.36. The van der Waals surface area contributed by atoms with Gasteiger partial charge in [-0.1, -0.05) is 59.8 Å². The lowest BCUT2D eigenvalue weighted by Crippen LogP contribution is -2.34. The van der Waals surface area contributed by atoms with E-state index in [0.29, 0.717) is 18.3 Å². The molecule has 0 saturated heterocycles. The molecule has 1 aromatic heterocycles. The van der Waals surface area contributed by atoms with Gasteiger partial charge >= 0.3 is 0 Å².